The van der Waals surface area contributed by atoms with E-state index in [0.29, 0.717) is 17.6 Å². The molecular weight excluding hydrogens is 603 g/mol. The number of benzene rings is 1. The predicted octanol–water partition coefficient (Wildman–Crippen LogP) is 3.30. The van der Waals surface area contributed by atoms with Crippen LogP contribution in [0.4, 0.5) is 0 Å². The number of allylic oxidation sites excluding steroid dienone is 3. The Labute approximate surface area is 237 Å². The number of ether oxygens (including phenoxy) is 2. The third-order valence-electron chi connectivity index (χ3n) is 8.28. The molecule has 0 radical (unpaired) electrons. The number of alkyl halides is 3. The van der Waals surface area contributed by atoms with Gasteiger partial charge in [-0.3, -0.25) is 29.0 Å². The molecule has 4 aliphatic rings. The van der Waals surface area contributed by atoms with Crippen LogP contribution in [0.1, 0.15) is 18.4 Å². The fourth-order valence-electron chi connectivity index (χ4n) is 6.38. The van der Waals surface area contributed by atoms with Crippen molar-refractivity contribution in [1.29, 1.82) is 0 Å². The average Bonchev–Trinajstić information content (AvgIpc) is 3.21. The Morgan fingerprint density at radius 3 is 2.29 bits per heavy atom. The highest BCUT2D eigenvalue weighted by atomic mass is 79.9. The quantitative estimate of drug-likeness (QED) is 0.231. The molecule has 12 heteroatoms. The molecule has 6 atom stereocenters. The largest absolute Gasteiger partial charge is 0.502 e. The van der Waals surface area contributed by atoms with E-state index in [2.05, 4.69) is 15.9 Å². The SMILES string of the molecule is COc1cc(C=C[C@H]2C3=CC[C@@H]4C(=O)N(C)C(=O)[C@@H]4[C@@H]3C[C@@]3(Cl)C(=O)N(CBr)C(=O)[C@@]23Cl)cc(OC)c1O. The third kappa shape index (κ3) is 3.42. The number of likely N-dealkylation sites (tertiary alicyclic amines) is 2. The second-order valence-electron chi connectivity index (χ2n) is 9.90. The van der Waals surface area contributed by atoms with E-state index in [1.807, 2.05) is 6.08 Å². The summed E-state index contributed by atoms with van der Waals surface area (Å²) < 4.78 is 10.5. The Hall–Kier alpha value is -2.56. The number of carbonyl (C=O) groups is 4. The highest BCUT2D eigenvalue weighted by Gasteiger charge is 2.75. The molecule has 0 aromatic heterocycles. The number of imide groups is 2. The van der Waals surface area contributed by atoms with Gasteiger partial charge in [0.25, 0.3) is 11.8 Å². The summed E-state index contributed by atoms with van der Waals surface area (Å²) in [7, 11) is 4.26. The molecule has 2 saturated heterocycles. The standard InChI is InChI=1S/C26H25BrCl2N2O7/c1-30-21(33)14-6-5-13-15(19(14)22(30)34)10-25(28)23(35)31(11-27)24(36)26(25,29)16(13)7-4-12-8-17(37-2)20(32)18(9-12)38-3/h4-5,7-9,14-16,19,32H,6,10-11H2,1-3H3/t14-,15+,16-,19-,25+,26-/m0/s1. The summed E-state index contributed by atoms with van der Waals surface area (Å²) >= 11 is 17.4. The van der Waals surface area contributed by atoms with Crippen LogP contribution in [0.15, 0.2) is 29.9 Å². The maximum atomic E-state index is 13.6. The van der Waals surface area contributed by atoms with Crippen molar-refractivity contribution in [3.8, 4) is 17.2 Å². The molecule has 202 valence electrons. The summed E-state index contributed by atoms with van der Waals surface area (Å²) in [4.78, 5) is 51.5. The normalized spacial score (nSPS) is 34.4. The Morgan fingerprint density at radius 1 is 1.08 bits per heavy atom. The Balaban J connectivity index is 1.67. The number of aromatic hydroxyl groups is 1. The number of hydrogen-bond donors (Lipinski definition) is 1. The summed E-state index contributed by atoms with van der Waals surface area (Å²) in [6.07, 6.45) is 5.47. The molecule has 9 nitrogen and oxygen atoms in total. The van der Waals surface area contributed by atoms with Gasteiger partial charge in [-0.2, -0.15) is 0 Å². The van der Waals surface area contributed by atoms with Gasteiger partial charge in [0.05, 0.1) is 31.5 Å². The maximum Gasteiger partial charge on any atom is 0.254 e. The van der Waals surface area contributed by atoms with E-state index in [1.54, 1.807) is 24.3 Å². The number of fused-ring (bicyclic) bond motifs is 4. The molecule has 4 amide bonds. The first-order valence-corrected chi connectivity index (χ1v) is 13.8. The molecule has 1 aromatic rings. The number of nitrogens with zero attached hydrogens (tertiary/aromatic N) is 2. The second-order valence-corrected chi connectivity index (χ2v) is 11.6. The number of methoxy groups -OCH3 is 2. The number of phenols is 1. The molecule has 0 spiro atoms. The maximum absolute atomic E-state index is 13.6. The minimum atomic E-state index is -1.87. The number of halogens is 3. The zero-order valence-corrected chi connectivity index (χ0v) is 23.8. The number of hydrogen-bond acceptors (Lipinski definition) is 7. The van der Waals surface area contributed by atoms with E-state index in [-0.39, 0.29) is 40.9 Å². The van der Waals surface area contributed by atoms with Crippen molar-refractivity contribution in [2.75, 3.05) is 26.7 Å². The first-order valence-electron chi connectivity index (χ1n) is 11.9. The molecule has 38 heavy (non-hydrogen) atoms. The molecule has 1 aromatic carbocycles. The molecule has 1 N–H and O–H groups in total. The molecule has 2 heterocycles. The first kappa shape index (κ1) is 27.0. The van der Waals surface area contributed by atoms with E-state index < -0.39 is 45.2 Å². The van der Waals surface area contributed by atoms with E-state index in [0.717, 1.165) is 9.80 Å². The molecule has 5 rings (SSSR count). The van der Waals surface area contributed by atoms with Crippen molar-refractivity contribution in [2.45, 2.75) is 22.6 Å². The molecule has 2 aliphatic carbocycles. The lowest BCUT2D eigenvalue weighted by molar-refractivity contribution is -0.140. The van der Waals surface area contributed by atoms with Gasteiger partial charge < -0.3 is 14.6 Å². The van der Waals surface area contributed by atoms with Gasteiger partial charge in [0, 0.05) is 13.0 Å². The summed E-state index contributed by atoms with van der Waals surface area (Å²) in [5.74, 6) is -4.40. The van der Waals surface area contributed by atoms with E-state index >= 15 is 0 Å². The minimum Gasteiger partial charge on any atom is -0.502 e. The van der Waals surface area contributed by atoms with Gasteiger partial charge in [-0.25, -0.2) is 0 Å². The summed E-state index contributed by atoms with van der Waals surface area (Å²) in [6.45, 7) is 0. The van der Waals surface area contributed by atoms with Crippen LogP contribution in [0.25, 0.3) is 6.08 Å². The lowest BCUT2D eigenvalue weighted by Crippen LogP contribution is -2.60. The number of rotatable bonds is 5. The van der Waals surface area contributed by atoms with Crippen LogP contribution in [-0.2, 0) is 19.2 Å². The molecule has 0 bridgehead atoms. The topological polar surface area (TPSA) is 113 Å². The van der Waals surface area contributed by atoms with E-state index in [1.165, 1.54) is 21.3 Å². The predicted molar refractivity (Wildman–Crippen MR) is 142 cm³/mol. The molecule has 0 unspecified atom stereocenters. The van der Waals surface area contributed by atoms with Gasteiger partial charge in [0.15, 0.2) is 21.2 Å². The van der Waals surface area contributed by atoms with Crippen molar-refractivity contribution < 1.29 is 33.8 Å². The van der Waals surface area contributed by atoms with Crippen LogP contribution in [-0.4, -0.2) is 75.0 Å². The second kappa shape index (κ2) is 9.27. The van der Waals surface area contributed by atoms with Crippen molar-refractivity contribution in [3.05, 3.63) is 35.4 Å². The number of amides is 4. The van der Waals surface area contributed by atoms with Crippen molar-refractivity contribution in [1.82, 2.24) is 9.80 Å². The molecular formula is C26H25BrCl2N2O7. The summed E-state index contributed by atoms with van der Waals surface area (Å²) in [5, 5.41) is 10.3. The van der Waals surface area contributed by atoms with Crippen molar-refractivity contribution >= 4 is 68.8 Å². The highest BCUT2D eigenvalue weighted by Crippen LogP contribution is 2.63. The van der Waals surface area contributed by atoms with Crippen LogP contribution in [0.3, 0.4) is 0 Å². The van der Waals surface area contributed by atoms with Crippen LogP contribution in [0, 0.1) is 23.7 Å². The van der Waals surface area contributed by atoms with Gasteiger partial charge in [-0.1, -0.05) is 39.7 Å². The highest BCUT2D eigenvalue weighted by molar-refractivity contribution is 9.09. The minimum absolute atomic E-state index is 0.0583. The fraction of sp³-hybridized carbons (Fsp3) is 0.462. The van der Waals surface area contributed by atoms with Crippen molar-refractivity contribution in [3.63, 3.8) is 0 Å². The lowest BCUT2D eigenvalue weighted by atomic mass is 9.57. The van der Waals surface area contributed by atoms with E-state index in [4.69, 9.17) is 32.7 Å². The summed E-state index contributed by atoms with van der Waals surface area (Å²) in [6, 6.07) is 3.16. The fourth-order valence-corrected chi connectivity index (χ4v) is 7.76. The first-order chi connectivity index (χ1) is 18.0. The third-order valence-corrected chi connectivity index (χ3v) is 10.2. The Bertz CT molecular complexity index is 1310. The van der Waals surface area contributed by atoms with Crippen LogP contribution in [0.2, 0.25) is 0 Å². The average molecular weight is 628 g/mol. The Kier molecular flexibility index (Phi) is 6.60. The van der Waals surface area contributed by atoms with Gasteiger partial charge >= 0.3 is 0 Å². The van der Waals surface area contributed by atoms with Gasteiger partial charge in [0.2, 0.25) is 17.6 Å². The Morgan fingerprint density at radius 2 is 1.71 bits per heavy atom. The lowest BCUT2D eigenvalue weighted by Gasteiger charge is -2.49. The molecule has 2 aliphatic heterocycles. The number of carbonyl (C=O) groups excluding carboxylic acids is 4. The van der Waals surface area contributed by atoms with Crippen LogP contribution < -0.4 is 9.47 Å². The van der Waals surface area contributed by atoms with E-state index in [9.17, 15) is 24.3 Å². The van der Waals surface area contributed by atoms with Gasteiger partial charge in [0.1, 0.15) is 0 Å². The van der Waals surface area contributed by atoms with Crippen LogP contribution >= 0.6 is 39.1 Å². The number of phenolic OH excluding ortho intramolecular Hbond substituents is 1. The summed E-state index contributed by atoms with van der Waals surface area (Å²) in [5.41, 5.74) is 1.17. The molecule has 1 saturated carbocycles. The van der Waals surface area contributed by atoms with Crippen LogP contribution in [0.5, 0.6) is 17.2 Å². The molecule has 3 fully saturated rings. The monoisotopic (exact) mass is 626 g/mol. The smallest absolute Gasteiger partial charge is 0.254 e. The van der Waals surface area contributed by atoms with Gasteiger partial charge in [-0.05, 0) is 36.5 Å². The van der Waals surface area contributed by atoms with Gasteiger partial charge in [-0.15, -0.1) is 23.2 Å². The zero-order valence-electron chi connectivity index (χ0n) is 20.7. The zero-order chi connectivity index (χ0) is 27.7. The van der Waals surface area contributed by atoms with Crippen molar-refractivity contribution in [2.24, 2.45) is 23.7 Å².